The predicted octanol–water partition coefficient (Wildman–Crippen LogP) is 7.40. The minimum absolute atomic E-state index is 0.237. The number of nitrogens with zero attached hydrogens (tertiary/aromatic N) is 2. The Kier molecular flexibility index (Phi) is 9.11. The van der Waals surface area contributed by atoms with E-state index in [0.29, 0.717) is 28.9 Å². The maximum atomic E-state index is 13.1. The van der Waals surface area contributed by atoms with Crippen molar-refractivity contribution in [2.24, 2.45) is 0 Å². The number of hydrogen-bond donors (Lipinski definition) is 0. The molecule has 0 aromatic heterocycles. The molecule has 3 aromatic rings. The van der Waals surface area contributed by atoms with E-state index < -0.39 is 11.1 Å². The SMILES string of the molecule is O=C(CN1C(=O)S/C(=C\c2cc(I)c(OCc3ccc(Cl)cc3Cl)c(I)c2)C1=O)N1CCc2ccccc2C1. The Morgan fingerprint density at radius 1 is 1.03 bits per heavy atom. The van der Waals surface area contributed by atoms with Gasteiger partial charge >= 0.3 is 0 Å². The summed E-state index contributed by atoms with van der Waals surface area (Å²) in [4.78, 5) is 41.7. The molecule has 0 N–H and O–H groups in total. The number of amides is 3. The van der Waals surface area contributed by atoms with E-state index in [9.17, 15) is 14.4 Å². The van der Waals surface area contributed by atoms with E-state index in [2.05, 4.69) is 51.2 Å². The van der Waals surface area contributed by atoms with Crippen LogP contribution in [0, 0.1) is 7.14 Å². The highest BCUT2D eigenvalue weighted by molar-refractivity contribution is 14.1. The van der Waals surface area contributed by atoms with Gasteiger partial charge in [0.05, 0.1) is 12.0 Å². The Morgan fingerprint density at radius 3 is 2.46 bits per heavy atom. The molecule has 6 nitrogen and oxygen atoms in total. The van der Waals surface area contributed by atoms with Crippen molar-refractivity contribution in [3.63, 3.8) is 0 Å². The number of ether oxygens (including phenoxy) is 1. The third-order valence-electron chi connectivity index (χ3n) is 6.36. The van der Waals surface area contributed by atoms with Crippen LogP contribution in [-0.4, -0.2) is 39.9 Å². The maximum absolute atomic E-state index is 13.1. The molecule has 0 saturated carbocycles. The van der Waals surface area contributed by atoms with Crippen molar-refractivity contribution in [2.75, 3.05) is 13.1 Å². The summed E-state index contributed by atoms with van der Waals surface area (Å²) < 4.78 is 7.72. The number of fused-ring (bicyclic) bond motifs is 1. The quantitative estimate of drug-likeness (QED) is 0.192. The fourth-order valence-corrected chi connectivity index (χ4v) is 7.75. The van der Waals surface area contributed by atoms with Gasteiger partial charge in [-0.15, -0.1) is 0 Å². The van der Waals surface area contributed by atoms with Crippen LogP contribution in [0.25, 0.3) is 6.08 Å². The Morgan fingerprint density at radius 2 is 1.74 bits per heavy atom. The topological polar surface area (TPSA) is 66.9 Å². The lowest BCUT2D eigenvalue weighted by Gasteiger charge is -2.29. The molecular formula is C28H20Cl2I2N2O4S. The molecule has 1 fully saturated rings. The first-order valence-electron chi connectivity index (χ1n) is 11.9. The first-order chi connectivity index (χ1) is 18.7. The lowest BCUT2D eigenvalue weighted by molar-refractivity contribution is -0.136. The first kappa shape index (κ1) is 28.7. The first-order valence-corrected chi connectivity index (χ1v) is 15.6. The smallest absolute Gasteiger partial charge is 0.294 e. The van der Waals surface area contributed by atoms with Crippen LogP contribution >= 0.6 is 80.1 Å². The van der Waals surface area contributed by atoms with Gasteiger partial charge in [-0.1, -0.05) is 53.5 Å². The summed E-state index contributed by atoms with van der Waals surface area (Å²) in [6, 6.07) is 17.0. The van der Waals surface area contributed by atoms with E-state index in [1.165, 1.54) is 5.56 Å². The van der Waals surface area contributed by atoms with E-state index in [-0.39, 0.29) is 24.0 Å². The summed E-state index contributed by atoms with van der Waals surface area (Å²) >= 11 is 17.4. The van der Waals surface area contributed by atoms with E-state index in [0.717, 1.165) is 46.9 Å². The monoisotopic (exact) mass is 804 g/mol. The fourth-order valence-electron chi connectivity index (χ4n) is 4.32. The molecule has 2 aliphatic heterocycles. The molecule has 3 aromatic carbocycles. The summed E-state index contributed by atoms with van der Waals surface area (Å²) in [6.45, 7) is 1.06. The number of imide groups is 1. The normalized spacial score (nSPS) is 16.2. The van der Waals surface area contributed by atoms with E-state index >= 15 is 0 Å². The molecule has 0 radical (unpaired) electrons. The van der Waals surface area contributed by atoms with E-state index in [1.54, 1.807) is 23.1 Å². The fraction of sp³-hybridized carbons (Fsp3) is 0.179. The standard InChI is InChI=1S/C28H20Cl2I2N2O4S/c29-20-6-5-19(21(30)12-20)15-38-26-22(31)9-16(10-23(26)32)11-24-27(36)34(28(37)39-24)14-25(35)33-8-7-17-3-1-2-4-18(17)13-33/h1-6,9-12H,7-8,13-15H2/b24-11-. The summed E-state index contributed by atoms with van der Waals surface area (Å²) in [5.41, 5.74) is 3.89. The van der Waals surface area contributed by atoms with Crippen molar-refractivity contribution < 1.29 is 19.1 Å². The Bertz CT molecular complexity index is 1510. The minimum Gasteiger partial charge on any atom is -0.487 e. The average Bonchev–Trinajstić information content (AvgIpc) is 3.16. The number of halogens is 4. The van der Waals surface area contributed by atoms with Crippen molar-refractivity contribution in [3.8, 4) is 5.75 Å². The summed E-state index contributed by atoms with van der Waals surface area (Å²) in [6.07, 6.45) is 2.43. The number of carbonyl (C=O) groups excluding carboxylic acids is 3. The maximum Gasteiger partial charge on any atom is 0.294 e. The minimum atomic E-state index is -0.460. The lowest BCUT2D eigenvalue weighted by Crippen LogP contribution is -2.44. The molecule has 0 spiro atoms. The molecule has 3 amide bonds. The Balaban J connectivity index is 1.26. The average molecular weight is 805 g/mol. The highest BCUT2D eigenvalue weighted by Gasteiger charge is 2.37. The number of benzene rings is 3. The predicted molar refractivity (Wildman–Crippen MR) is 171 cm³/mol. The van der Waals surface area contributed by atoms with Gasteiger partial charge in [-0.2, -0.15) is 0 Å². The number of rotatable bonds is 6. The second kappa shape index (κ2) is 12.4. The van der Waals surface area contributed by atoms with Crippen molar-refractivity contribution in [3.05, 3.63) is 98.9 Å². The second-order valence-electron chi connectivity index (χ2n) is 8.94. The summed E-state index contributed by atoms with van der Waals surface area (Å²) in [7, 11) is 0. The lowest BCUT2D eigenvalue weighted by atomic mass is 10.00. The molecule has 2 heterocycles. The largest absolute Gasteiger partial charge is 0.487 e. The Hall–Kier alpha value is -1.80. The summed E-state index contributed by atoms with van der Waals surface area (Å²) in [5.74, 6) is -0.000835. The zero-order chi connectivity index (χ0) is 27.7. The Labute approximate surface area is 267 Å². The van der Waals surface area contributed by atoms with Gasteiger partial charge in [0, 0.05) is 28.7 Å². The van der Waals surface area contributed by atoms with Crippen LogP contribution in [0.1, 0.15) is 22.3 Å². The van der Waals surface area contributed by atoms with E-state index in [1.807, 2.05) is 36.4 Å². The van der Waals surface area contributed by atoms with Gasteiger partial charge in [0.25, 0.3) is 11.1 Å². The van der Waals surface area contributed by atoms with Gasteiger partial charge in [0.15, 0.2) is 0 Å². The van der Waals surface area contributed by atoms with Gasteiger partial charge < -0.3 is 9.64 Å². The molecule has 11 heteroatoms. The van der Waals surface area contributed by atoms with Gasteiger partial charge in [0.2, 0.25) is 5.91 Å². The van der Waals surface area contributed by atoms with Crippen LogP contribution in [0.4, 0.5) is 4.79 Å². The van der Waals surface area contributed by atoms with Crippen LogP contribution in [0.15, 0.2) is 59.5 Å². The highest BCUT2D eigenvalue weighted by atomic mass is 127. The molecule has 1 saturated heterocycles. The zero-order valence-electron chi connectivity index (χ0n) is 20.3. The zero-order valence-corrected chi connectivity index (χ0v) is 26.9. The second-order valence-corrected chi connectivity index (χ2v) is 13.1. The molecule has 0 atom stereocenters. The van der Waals surface area contributed by atoms with Crippen LogP contribution in [0.5, 0.6) is 5.75 Å². The van der Waals surface area contributed by atoms with Crippen LogP contribution in [-0.2, 0) is 29.2 Å². The summed E-state index contributed by atoms with van der Waals surface area (Å²) in [5, 5.41) is 0.646. The van der Waals surface area contributed by atoms with Gasteiger partial charge in [-0.05, 0) is 110 Å². The highest BCUT2D eigenvalue weighted by Crippen LogP contribution is 2.35. The van der Waals surface area contributed by atoms with Crippen LogP contribution in [0.3, 0.4) is 0 Å². The molecular weight excluding hydrogens is 785 g/mol. The third kappa shape index (κ3) is 6.58. The van der Waals surface area contributed by atoms with Crippen LogP contribution < -0.4 is 4.74 Å². The molecule has 0 unspecified atom stereocenters. The number of thioether (sulfide) groups is 1. The molecule has 0 bridgehead atoms. The van der Waals surface area contributed by atoms with Crippen molar-refractivity contribution >= 4 is 103 Å². The molecule has 200 valence electrons. The number of carbonyl (C=O) groups is 3. The van der Waals surface area contributed by atoms with Gasteiger partial charge in [-0.25, -0.2) is 0 Å². The van der Waals surface area contributed by atoms with E-state index in [4.69, 9.17) is 27.9 Å². The molecule has 2 aliphatic rings. The van der Waals surface area contributed by atoms with Gasteiger partial charge in [-0.3, -0.25) is 19.3 Å². The molecule has 0 aliphatic carbocycles. The number of hydrogen-bond acceptors (Lipinski definition) is 5. The van der Waals surface area contributed by atoms with Gasteiger partial charge in [0.1, 0.15) is 18.9 Å². The van der Waals surface area contributed by atoms with Crippen LogP contribution in [0.2, 0.25) is 10.0 Å². The van der Waals surface area contributed by atoms with Crippen molar-refractivity contribution in [1.82, 2.24) is 9.80 Å². The third-order valence-corrected chi connectivity index (χ3v) is 9.45. The molecule has 5 rings (SSSR count). The molecule has 39 heavy (non-hydrogen) atoms. The van der Waals surface area contributed by atoms with Crippen molar-refractivity contribution in [1.29, 1.82) is 0 Å². The van der Waals surface area contributed by atoms with Crippen molar-refractivity contribution in [2.45, 2.75) is 19.6 Å².